The van der Waals surface area contributed by atoms with Crippen molar-refractivity contribution in [1.29, 1.82) is 0 Å². The average Bonchev–Trinajstić information content (AvgIpc) is 4.01. The first kappa shape index (κ1) is 44.8. The van der Waals surface area contributed by atoms with Crippen LogP contribution in [0.5, 0.6) is 17.2 Å². The molecule has 11 rings (SSSR count). The number of aliphatic hydroxyl groups excluding tert-OH is 1. The van der Waals surface area contributed by atoms with E-state index in [0.717, 1.165) is 48.1 Å². The predicted octanol–water partition coefficient (Wildman–Crippen LogP) is 6.84. The minimum Gasteiger partial charge on any atom is -0.491 e. The number of morpholine rings is 1. The van der Waals surface area contributed by atoms with Gasteiger partial charge in [-0.05, 0) is 96.0 Å². The van der Waals surface area contributed by atoms with Crippen LogP contribution in [-0.2, 0) is 31.1 Å². The molecule has 2 amide bonds. The molecule has 3 N–H and O–H groups in total. The van der Waals surface area contributed by atoms with E-state index in [1.807, 2.05) is 120 Å². The fourth-order valence-corrected chi connectivity index (χ4v) is 11.8. The van der Waals surface area contributed by atoms with E-state index in [0.29, 0.717) is 79.4 Å². The lowest BCUT2D eigenvalue weighted by Gasteiger charge is -2.46. The van der Waals surface area contributed by atoms with Gasteiger partial charge in [-0.25, -0.2) is 0 Å². The van der Waals surface area contributed by atoms with E-state index in [1.165, 1.54) is 0 Å². The van der Waals surface area contributed by atoms with Gasteiger partial charge in [0.2, 0.25) is 18.6 Å². The van der Waals surface area contributed by atoms with Gasteiger partial charge in [0.15, 0.2) is 11.5 Å². The molecular formula is C56H56N4O9. The predicted molar refractivity (Wildman–Crippen MR) is 256 cm³/mol. The number of aliphatic hydroxyl groups is 2. The number of hydrogen-bond acceptors (Lipinski definition) is 11. The van der Waals surface area contributed by atoms with E-state index >= 15 is 14.4 Å². The highest BCUT2D eigenvalue weighted by atomic mass is 16.7. The highest BCUT2D eigenvalue weighted by Gasteiger charge is 2.74. The summed E-state index contributed by atoms with van der Waals surface area (Å²) < 4.78 is 23.9. The summed E-state index contributed by atoms with van der Waals surface area (Å²) in [4.78, 5) is 53.6. The summed E-state index contributed by atoms with van der Waals surface area (Å²) in [5, 5.41) is 24.7. The number of hydrogen-bond donors (Lipinski definition) is 3. The third-order valence-electron chi connectivity index (χ3n) is 15.0. The molecule has 5 aromatic rings. The number of carbonyl (C=O) groups excluding carboxylic acids is 3. The van der Waals surface area contributed by atoms with Crippen molar-refractivity contribution in [3.8, 4) is 29.1 Å². The number of amides is 2. The van der Waals surface area contributed by atoms with Crippen molar-refractivity contribution < 1.29 is 43.5 Å². The van der Waals surface area contributed by atoms with Crippen LogP contribution in [0.1, 0.15) is 90.1 Å². The minimum absolute atomic E-state index is 0.0418. The van der Waals surface area contributed by atoms with Gasteiger partial charge in [0.1, 0.15) is 35.5 Å². The number of nitrogens with one attached hydrogen (secondary N) is 1. The summed E-state index contributed by atoms with van der Waals surface area (Å²) in [6, 6.07) is 35.5. The number of benzene rings is 5. The molecule has 5 heterocycles. The SMILES string of the molecule is O=C1OC(c2ccccc2)C(c2ccccc2)N2C1C(C(=O)N1CCN(Cc3ccc4c(c3)OCO4)CC1)C1(C(=O)Nc3ccc(C#CC4(O)CCCCCC4)cc31)C2c1cccc(OCCO)c1. The molecule has 6 aliphatic rings. The van der Waals surface area contributed by atoms with Gasteiger partial charge in [-0.15, -0.1) is 0 Å². The molecular weight excluding hydrogens is 873 g/mol. The Morgan fingerprint density at radius 3 is 2.25 bits per heavy atom. The summed E-state index contributed by atoms with van der Waals surface area (Å²) in [6.45, 7) is 2.50. The summed E-state index contributed by atoms with van der Waals surface area (Å²) >= 11 is 0. The van der Waals surface area contributed by atoms with Gasteiger partial charge in [-0.1, -0.05) is 104 Å². The molecule has 6 unspecified atom stereocenters. The van der Waals surface area contributed by atoms with Crippen molar-refractivity contribution in [2.75, 3.05) is 51.5 Å². The lowest BCUT2D eigenvalue weighted by atomic mass is 9.65. The lowest BCUT2D eigenvalue weighted by molar-refractivity contribution is -0.179. The monoisotopic (exact) mass is 928 g/mol. The minimum atomic E-state index is -1.72. The van der Waals surface area contributed by atoms with Crippen LogP contribution < -0.4 is 19.5 Å². The maximum atomic E-state index is 16.1. The van der Waals surface area contributed by atoms with Crippen LogP contribution in [0.4, 0.5) is 5.69 Å². The van der Waals surface area contributed by atoms with Crippen LogP contribution in [-0.4, -0.2) is 101 Å². The second-order valence-corrected chi connectivity index (χ2v) is 19.1. The van der Waals surface area contributed by atoms with Crippen molar-refractivity contribution >= 4 is 23.5 Å². The molecule has 5 aromatic carbocycles. The Morgan fingerprint density at radius 1 is 0.768 bits per heavy atom. The lowest BCUT2D eigenvalue weighted by Crippen LogP contribution is -2.58. The Balaban J connectivity index is 1.08. The van der Waals surface area contributed by atoms with Crippen molar-refractivity contribution in [2.45, 2.75) is 80.3 Å². The van der Waals surface area contributed by atoms with Crippen LogP contribution in [0.2, 0.25) is 0 Å². The Morgan fingerprint density at radius 2 is 1.49 bits per heavy atom. The molecule has 354 valence electrons. The van der Waals surface area contributed by atoms with Crippen LogP contribution in [0, 0.1) is 17.8 Å². The van der Waals surface area contributed by atoms with Crippen molar-refractivity contribution in [2.24, 2.45) is 5.92 Å². The molecule has 3 saturated heterocycles. The molecule has 0 bridgehead atoms. The zero-order valence-corrected chi connectivity index (χ0v) is 38.4. The normalized spacial score (nSPS) is 26.0. The maximum Gasteiger partial charge on any atom is 0.324 e. The topological polar surface area (TPSA) is 150 Å². The van der Waals surface area contributed by atoms with Gasteiger partial charge < -0.3 is 39.4 Å². The summed E-state index contributed by atoms with van der Waals surface area (Å²) in [5.74, 6) is 5.81. The molecule has 69 heavy (non-hydrogen) atoms. The fourth-order valence-electron chi connectivity index (χ4n) is 11.8. The third kappa shape index (κ3) is 8.19. The van der Waals surface area contributed by atoms with E-state index in [9.17, 15) is 10.2 Å². The van der Waals surface area contributed by atoms with E-state index < -0.39 is 53.0 Å². The van der Waals surface area contributed by atoms with E-state index in [2.05, 4.69) is 27.0 Å². The number of piperazine rings is 1. The number of cyclic esters (lactones) is 1. The highest BCUT2D eigenvalue weighted by Crippen LogP contribution is 2.65. The molecule has 0 aromatic heterocycles. The van der Waals surface area contributed by atoms with E-state index in [-0.39, 0.29) is 25.9 Å². The Kier molecular flexibility index (Phi) is 12.1. The number of ether oxygens (including phenoxy) is 4. The number of rotatable bonds is 9. The van der Waals surface area contributed by atoms with Gasteiger partial charge >= 0.3 is 5.97 Å². The van der Waals surface area contributed by atoms with Crippen LogP contribution in [0.15, 0.2) is 121 Å². The van der Waals surface area contributed by atoms with Crippen LogP contribution in [0.3, 0.4) is 0 Å². The molecule has 1 spiro atoms. The molecule has 5 aliphatic heterocycles. The van der Waals surface area contributed by atoms with Gasteiger partial charge in [0.05, 0.1) is 24.6 Å². The van der Waals surface area contributed by atoms with Crippen molar-refractivity contribution in [3.05, 3.63) is 155 Å². The second-order valence-electron chi connectivity index (χ2n) is 19.1. The third-order valence-corrected chi connectivity index (χ3v) is 15.0. The van der Waals surface area contributed by atoms with Gasteiger partial charge in [0, 0.05) is 44.0 Å². The number of fused-ring (bicyclic) bond motifs is 4. The van der Waals surface area contributed by atoms with Crippen LogP contribution >= 0.6 is 0 Å². The first-order valence-corrected chi connectivity index (χ1v) is 24.3. The first-order chi connectivity index (χ1) is 33.7. The molecule has 1 aliphatic carbocycles. The number of esters is 1. The summed E-state index contributed by atoms with van der Waals surface area (Å²) in [6.07, 6.45) is 4.20. The number of carbonyl (C=O) groups is 3. The molecule has 13 heteroatoms. The smallest absolute Gasteiger partial charge is 0.324 e. The second kappa shape index (κ2) is 18.7. The average molecular weight is 929 g/mol. The number of anilines is 1. The molecule has 13 nitrogen and oxygen atoms in total. The van der Waals surface area contributed by atoms with E-state index in [4.69, 9.17) is 18.9 Å². The molecule has 0 radical (unpaired) electrons. The Hall–Kier alpha value is -6.69. The molecule has 6 atom stereocenters. The van der Waals surface area contributed by atoms with Gasteiger partial charge in [0.25, 0.3) is 0 Å². The quantitative estimate of drug-likeness (QED) is 0.0811. The Labute approximate surface area is 401 Å². The highest BCUT2D eigenvalue weighted by molar-refractivity contribution is 6.12. The summed E-state index contributed by atoms with van der Waals surface area (Å²) in [5.41, 5.74) is 2.11. The van der Waals surface area contributed by atoms with E-state index in [1.54, 1.807) is 6.07 Å². The van der Waals surface area contributed by atoms with Crippen LogP contribution in [0.25, 0.3) is 0 Å². The largest absolute Gasteiger partial charge is 0.491 e. The maximum absolute atomic E-state index is 16.1. The summed E-state index contributed by atoms with van der Waals surface area (Å²) in [7, 11) is 0. The first-order valence-electron chi connectivity index (χ1n) is 24.3. The van der Waals surface area contributed by atoms with Crippen molar-refractivity contribution in [3.63, 3.8) is 0 Å². The van der Waals surface area contributed by atoms with Gasteiger partial charge in [-0.3, -0.25) is 24.2 Å². The fraction of sp³-hybridized carbons (Fsp3) is 0.375. The standard InChI is InChI=1S/C56H56N4O9/c61-30-31-66-42-17-11-16-41(34-42)51-56(43-32-37(18-20-44(43)57-54(56)64)22-25-55(65)23-9-1-2-10-24-55)47(52(62)59-28-26-58(27-29-59)35-38-19-21-45-46(33-38)68-36-67-45)49-53(63)69-50(40-14-7-4-8-15-40)48(60(49)51)39-12-5-3-6-13-39/h3-8,11-21,32-34,47-51,61,65H,1-2,9-10,23-24,26-31,35-36H2,(H,57,64). The van der Waals surface area contributed by atoms with Gasteiger partial charge in [-0.2, -0.15) is 0 Å². The molecule has 4 fully saturated rings. The van der Waals surface area contributed by atoms with Crippen molar-refractivity contribution in [1.82, 2.24) is 14.7 Å². The molecule has 1 saturated carbocycles. The Bertz CT molecular complexity index is 2800. The zero-order valence-electron chi connectivity index (χ0n) is 38.4. The zero-order chi connectivity index (χ0) is 47.1. The number of nitrogens with zero attached hydrogens (tertiary/aromatic N) is 3.